The lowest BCUT2D eigenvalue weighted by Crippen LogP contribution is -1.98. The summed E-state index contributed by atoms with van der Waals surface area (Å²) in [5.41, 5.74) is 27.8. The number of rotatable bonds is 25. The van der Waals surface area contributed by atoms with Gasteiger partial charge < -0.3 is 11.5 Å². The molecule has 0 fully saturated rings. The van der Waals surface area contributed by atoms with Crippen LogP contribution in [-0.2, 0) is 25.7 Å². The van der Waals surface area contributed by atoms with Crippen molar-refractivity contribution < 1.29 is 0 Å². The molecule has 0 aliphatic carbocycles. The second-order valence-corrected chi connectivity index (χ2v) is 16.1. The average molecular weight is 701 g/mol. The molecule has 2 nitrogen and oxygen atoms in total. The Morgan fingerprint density at radius 3 is 0.788 bits per heavy atom. The number of nitrogen functional groups attached to an aromatic ring is 2. The quantitative estimate of drug-likeness (QED) is 0.0534. The van der Waals surface area contributed by atoms with Crippen LogP contribution in [-0.4, -0.2) is 0 Å². The van der Waals surface area contributed by atoms with Crippen LogP contribution in [0.1, 0.15) is 171 Å². The second-order valence-electron chi connectivity index (χ2n) is 16.1. The van der Waals surface area contributed by atoms with Crippen molar-refractivity contribution in [3.8, 4) is 0 Å². The van der Waals surface area contributed by atoms with Gasteiger partial charge in [0.1, 0.15) is 0 Å². The lowest BCUT2D eigenvalue weighted by atomic mass is 9.92. The zero-order valence-corrected chi connectivity index (χ0v) is 33.6. The normalized spacial score (nSPS) is 11.4. The lowest BCUT2D eigenvalue weighted by Gasteiger charge is -2.13. The predicted octanol–water partition coefficient (Wildman–Crippen LogP) is 14.1. The van der Waals surface area contributed by atoms with Gasteiger partial charge in [0.2, 0.25) is 0 Å². The highest BCUT2D eigenvalue weighted by molar-refractivity contribution is 5.44. The fourth-order valence-corrected chi connectivity index (χ4v) is 8.33. The number of anilines is 2. The Balaban J connectivity index is 0.911. The first-order valence-electron chi connectivity index (χ1n) is 21.2. The van der Waals surface area contributed by atoms with E-state index < -0.39 is 0 Å². The SMILES string of the molecule is Cc1cc(Cc2ccc(N)cc2)cc(C)c1CCCCCCCCCCCCCCCCCCCCc1c(C)cc(Cc2ccc(N)cc2)cc1C. The van der Waals surface area contributed by atoms with Crippen molar-refractivity contribution in [2.75, 3.05) is 11.5 Å². The van der Waals surface area contributed by atoms with Crippen LogP contribution in [0.5, 0.6) is 0 Å². The number of nitrogens with two attached hydrogens (primary N) is 2. The molecule has 52 heavy (non-hydrogen) atoms. The molecule has 0 aromatic heterocycles. The van der Waals surface area contributed by atoms with Crippen LogP contribution in [0.4, 0.5) is 11.4 Å². The molecule has 4 rings (SSSR count). The summed E-state index contributed by atoms with van der Waals surface area (Å²) in [6, 6.07) is 26.2. The topological polar surface area (TPSA) is 52.0 Å². The van der Waals surface area contributed by atoms with E-state index >= 15 is 0 Å². The second kappa shape index (κ2) is 23.2. The van der Waals surface area contributed by atoms with Crippen molar-refractivity contribution in [1.29, 1.82) is 0 Å². The zero-order chi connectivity index (χ0) is 37.0. The van der Waals surface area contributed by atoms with E-state index in [1.807, 2.05) is 24.3 Å². The molecule has 0 spiro atoms. The molecule has 0 amide bonds. The van der Waals surface area contributed by atoms with Crippen LogP contribution in [0.3, 0.4) is 0 Å². The summed E-state index contributed by atoms with van der Waals surface area (Å²) < 4.78 is 0. The molecule has 0 unspecified atom stereocenters. The molecule has 0 saturated heterocycles. The monoisotopic (exact) mass is 701 g/mol. The van der Waals surface area contributed by atoms with Crippen molar-refractivity contribution in [3.05, 3.63) is 128 Å². The minimum atomic E-state index is 0.836. The minimum absolute atomic E-state index is 0.836. The zero-order valence-electron chi connectivity index (χ0n) is 33.6. The van der Waals surface area contributed by atoms with Gasteiger partial charge in [0.25, 0.3) is 0 Å². The first-order valence-corrected chi connectivity index (χ1v) is 21.2. The van der Waals surface area contributed by atoms with Crippen LogP contribution in [0, 0.1) is 27.7 Å². The van der Waals surface area contributed by atoms with E-state index in [0.717, 1.165) is 24.2 Å². The Morgan fingerprint density at radius 1 is 0.308 bits per heavy atom. The van der Waals surface area contributed by atoms with Gasteiger partial charge in [-0.15, -0.1) is 0 Å². The highest BCUT2D eigenvalue weighted by atomic mass is 14.5. The Labute approximate surface area is 319 Å². The van der Waals surface area contributed by atoms with Crippen LogP contribution >= 0.6 is 0 Å². The summed E-state index contributed by atoms with van der Waals surface area (Å²) in [7, 11) is 0. The maximum Gasteiger partial charge on any atom is 0.0314 e. The summed E-state index contributed by atoms with van der Waals surface area (Å²) in [4.78, 5) is 0. The third kappa shape index (κ3) is 15.2. The molecule has 0 heterocycles. The number of unbranched alkanes of at least 4 members (excludes halogenated alkanes) is 17. The van der Waals surface area contributed by atoms with E-state index in [9.17, 15) is 0 Å². The Kier molecular flexibility index (Phi) is 18.4. The standard InChI is InChI=1S/C50H72N2/c1-39-33-45(37-43-25-29-47(51)30-26-43)34-40(2)49(39)23-21-19-17-15-13-11-9-7-5-6-8-10-12-14-16-18-20-22-24-50-41(3)35-46(36-42(50)4)38-44-27-31-48(52)32-28-44/h25-36H,5-24,37-38,51-52H2,1-4H3. The van der Waals surface area contributed by atoms with Crippen molar-refractivity contribution in [1.82, 2.24) is 0 Å². The number of hydrogen-bond acceptors (Lipinski definition) is 2. The van der Waals surface area contributed by atoms with E-state index in [-0.39, 0.29) is 0 Å². The van der Waals surface area contributed by atoms with Gasteiger partial charge in [-0.05, 0) is 146 Å². The van der Waals surface area contributed by atoms with E-state index in [2.05, 4.69) is 76.2 Å². The van der Waals surface area contributed by atoms with Crippen LogP contribution < -0.4 is 11.5 Å². The lowest BCUT2D eigenvalue weighted by molar-refractivity contribution is 0.523. The number of hydrogen-bond donors (Lipinski definition) is 2. The molecule has 4 aromatic carbocycles. The molecule has 0 atom stereocenters. The first kappa shape index (κ1) is 41.2. The Bertz CT molecular complexity index is 1410. The largest absolute Gasteiger partial charge is 0.399 e. The minimum Gasteiger partial charge on any atom is -0.399 e. The summed E-state index contributed by atoms with van der Waals surface area (Å²) in [5, 5.41) is 0. The van der Waals surface area contributed by atoms with Gasteiger partial charge in [-0.25, -0.2) is 0 Å². The van der Waals surface area contributed by atoms with E-state index in [4.69, 9.17) is 11.5 Å². The van der Waals surface area contributed by atoms with E-state index in [1.54, 1.807) is 11.1 Å². The molecule has 4 N–H and O–H groups in total. The molecular formula is C50H72N2. The fraction of sp³-hybridized carbons (Fsp3) is 0.520. The molecule has 0 aliphatic heterocycles. The van der Waals surface area contributed by atoms with Gasteiger partial charge >= 0.3 is 0 Å². The molecule has 282 valence electrons. The van der Waals surface area contributed by atoms with Crippen molar-refractivity contribution in [3.63, 3.8) is 0 Å². The molecular weight excluding hydrogens is 629 g/mol. The summed E-state index contributed by atoms with van der Waals surface area (Å²) in [5.74, 6) is 0. The molecule has 0 aliphatic rings. The third-order valence-electron chi connectivity index (χ3n) is 11.4. The van der Waals surface area contributed by atoms with Gasteiger partial charge in [0.05, 0.1) is 0 Å². The van der Waals surface area contributed by atoms with Gasteiger partial charge in [0, 0.05) is 11.4 Å². The highest BCUT2D eigenvalue weighted by Gasteiger charge is 2.08. The first-order chi connectivity index (χ1) is 25.3. The van der Waals surface area contributed by atoms with E-state index in [0.29, 0.717) is 0 Å². The summed E-state index contributed by atoms with van der Waals surface area (Å²) >= 11 is 0. The fourth-order valence-electron chi connectivity index (χ4n) is 8.33. The molecule has 0 radical (unpaired) electrons. The average Bonchev–Trinajstić information content (AvgIpc) is 3.11. The van der Waals surface area contributed by atoms with Crippen LogP contribution in [0.2, 0.25) is 0 Å². The van der Waals surface area contributed by atoms with Crippen LogP contribution in [0.15, 0.2) is 72.8 Å². The van der Waals surface area contributed by atoms with Crippen molar-refractivity contribution in [2.45, 2.75) is 169 Å². The van der Waals surface area contributed by atoms with Gasteiger partial charge in [-0.2, -0.15) is 0 Å². The maximum atomic E-state index is 5.85. The predicted molar refractivity (Wildman–Crippen MR) is 230 cm³/mol. The van der Waals surface area contributed by atoms with E-state index in [1.165, 1.54) is 173 Å². The molecule has 0 bridgehead atoms. The summed E-state index contributed by atoms with van der Waals surface area (Å²) in [6.07, 6.45) is 29.8. The smallest absolute Gasteiger partial charge is 0.0314 e. The highest BCUT2D eigenvalue weighted by Crippen LogP contribution is 2.24. The summed E-state index contributed by atoms with van der Waals surface area (Å²) in [6.45, 7) is 9.19. The maximum absolute atomic E-state index is 5.85. The molecule has 0 saturated carbocycles. The number of benzene rings is 4. The van der Waals surface area contributed by atoms with Gasteiger partial charge in [-0.3, -0.25) is 0 Å². The number of aryl methyl sites for hydroxylation is 4. The molecule has 2 heteroatoms. The third-order valence-corrected chi connectivity index (χ3v) is 11.4. The van der Waals surface area contributed by atoms with Gasteiger partial charge in [-0.1, -0.05) is 151 Å². The van der Waals surface area contributed by atoms with Gasteiger partial charge in [0.15, 0.2) is 0 Å². The Hall–Kier alpha value is -3.52. The Morgan fingerprint density at radius 2 is 0.538 bits per heavy atom. The van der Waals surface area contributed by atoms with Crippen molar-refractivity contribution >= 4 is 11.4 Å². The molecule has 4 aromatic rings. The van der Waals surface area contributed by atoms with Crippen LogP contribution in [0.25, 0.3) is 0 Å². The van der Waals surface area contributed by atoms with Crippen molar-refractivity contribution in [2.24, 2.45) is 0 Å².